The Hall–Kier alpha value is -2.27. The monoisotopic (exact) mass is 315 g/mol. The van der Waals surface area contributed by atoms with Crippen LogP contribution in [-0.4, -0.2) is 18.3 Å². The van der Waals surface area contributed by atoms with Crippen LogP contribution >= 0.6 is 11.8 Å². The fourth-order valence-electron chi connectivity index (χ4n) is 2.16. The SMILES string of the molecule is COc1ccc2c(Oc3ccc(SC)cc3)ccnc2c1F. The van der Waals surface area contributed by atoms with Crippen molar-refractivity contribution < 1.29 is 13.9 Å². The van der Waals surface area contributed by atoms with Gasteiger partial charge < -0.3 is 9.47 Å². The van der Waals surface area contributed by atoms with Gasteiger partial charge in [-0.2, -0.15) is 0 Å². The molecule has 3 aromatic rings. The average Bonchev–Trinajstić information content (AvgIpc) is 2.56. The summed E-state index contributed by atoms with van der Waals surface area (Å²) >= 11 is 1.66. The summed E-state index contributed by atoms with van der Waals surface area (Å²) in [5, 5.41) is 0.606. The highest BCUT2D eigenvalue weighted by Crippen LogP contribution is 2.33. The molecule has 0 unspecified atom stereocenters. The van der Waals surface area contributed by atoms with Crippen LogP contribution in [0.5, 0.6) is 17.2 Å². The Kier molecular flexibility index (Phi) is 4.15. The maximum atomic E-state index is 14.2. The van der Waals surface area contributed by atoms with Crippen LogP contribution in [-0.2, 0) is 0 Å². The van der Waals surface area contributed by atoms with Crippen LogP contribution in [0, 0.1) is 5.82 Å². The maximum absolute atomic E-state index is 14.2. The van der Waals surface area contributed by atoms with E-state index in [4.69, 9.17) is 9.47 Å². The van der Waals surface area contributed by atoms with Crippen molar-refractivity contribution in [3.63, 3.8) is 0 Å². The van der Waals surface area contributed by atoms with Gasteiger partial charge in [0.15, 0.2) is 11.6 Å². The molecule has 1 heterocycles. The molecule has 0 saturated carbocycles. The topological polar surface area (TPSA) is 31.4 Å². The summed E-state index contributed by atoms with van der Waals surface area (Å²) < 4.78 is 25.1. The number of rotatable bonds is 4. The molecule has 0 spiro atoms. The van der Waals surface area contributed by atoms with Crippen molar-refractivity contribution in [2.24, 2.45) is 0 Å². The summed E-state index contributed by atoms with van der Waals surface area (Å²) in [6, 6.07) is 12.8. The Balaban J connectivity index is 2.01. The van der Waals surface area contributed by atoms with Gasteiger partial charge >= 0.3 is 0 Å². The zero-order valence-corrected chi connectivity index (χ0v) is 13.0. The molecule has 2 aromatic carbocycles. The van der Waals surface area contributed by atoms with Gasteiger partial charge in [-0.25, -0.2) is 4.39 Å². The second kappa shape index (κ2) is 6.23. The Bertz CT molecular complexity index is 806. The van der Waals surface area contributed by atoms with Crippen LogP contribution in [0.25, 0.3) is 10.9 Å². The lowest BCUT2D eigenvalue weighted by Gasteiger charge is -2.10. The molecule has 0 fully saturated rings. The number of nitrogens with zero attached hydrogens (tertiary/aromatic N) is 1. The first kappa shape index (κ1) is 14.7. The lowest BCUT2D eigenvalue weighted by Crippen LogP contribution is -1.93. The maximum Gasteiger partial charge on any atom is 0.191 e. The van der Waals surface area contributed by atoms with Crippen LogP contribution in [0.1, 0.15) is 0 Å². The predicted molar refractivity (Wildman–Crippen MR) is 86.6 cm³/mol. The number of hydrogen-bond donors (Lipinski definition) is 0. The lowest BCUT2D eigenvalue weighted by molar-refractivity contribution is 0.388. The van der Waals surface area contributed by atoms with Gasteiger partial charge in [0.05, 0.1) is 7.11 Å². The molecule has 0 aliphatic rings. The first-order valence-corrected chi connectivity index (χ1v) is 7.88. The lowest BCUT2D eigenvalue weighted by atomic mass is 10.2. The minimum absolute atomic E-state index is 0.168. The molecule has 0 amide bonds. The highest BCUT2D eigenvalue weighted by molar-refractivity contribution is 7.98. The Labute approximate surface area is 132 Å². The summed E-state index contributed by atoms with van der Waals surface area (Å²) in [5.74, 6) is 0.939. The molecule has 0 aliphatic heterocycles. The van der Waals surface area contributed by atoms with Crippen molar-refractivity contribution in [2.75, 3.05) is 13.4 Å². The number of halogens is 1. The van der Waals surface area contributed by atoms with Crippen LogP contribution in [0.2, 0.25) is 0 Å². The molecule has 5 heteroatoms. The van der Waals surface area contributed by atoms with E-state index in [1.807, 2.05) is 30.5 Å². The van der Waals surface area contributed by atoms with Gasteiger partial charge in [-0.3, -0.25) is 4.98 Å². The third-order valence-electron chi connectivity index (χ3n) is 3.28. The van der Waals surface area contributed by atoms with Crippen molar-refractivity contribution >= 4 is 22.7 Å². The zero-order valence-electron chi connectivity index (χ0n) is 12.2. The number of pyridine rings is 1. The van der Waals surface area contributed by atoms with Crippen molar-refractivity contribution in [2.45, 2.75) is 4.90 Å². The first-order chi connectivity index (χ1) is 10.7. The van der Waals surface area contributed by atoms with Crippen LogP contribution < -0.4 is 9.47 Å². The largest absolute Gasteiger partial charge is 0.494 e. The summed E-state index contributed by atoms with van der Waals surface area (Å²) in [6.45, 7) is 0. The second-order valence-electron chi connectivity index (χ2n) is 4.56. The molecule has 0 saturated heterocycles. The molecule has 0 radical (unpaired) electrons. The van der Waals surface area contributed by atoms with Gasteiger partial charge in [0.2, 0.25) is 0 Å². The van der Waals surface area contributed by atoms with Crippen LogP contribution in [0.4, 0.5) is 4.39 Å². The second-order valence-corrected chi connectivity index (χ2v) is 5.44. The van der Waals surface area contributed by atoms with Gasteiger partial charge in [0.25, 0.3) is 0 Å². The van der Waals surface area contributed by atoms with E-state index in [1.54, 1.807) is 30.0 Å². The van der Waals surface area contributed by atoms with E-state index in [1.165, 1.54) is 13.3 Å². The minimum Gasteiger partial charge on any atom is -0.494 e. The molecule has 0 atom stereocenters. The molecule has 3 nitrogen and oxygen atoms in total. The third kappa shape index (κ3) is 2.72. The first-order valence-electron chi connectivity index (χ1n) is 6.66. The molecular formula is C17H14FNO2S. The van der Waals surface area contributed by atoms with Gasteiger partial charge in [-0.1, -0.05) is 0 Å². The van der Waals surface area contributed by atoms with Gasteiger partial charge in [0, 0.05) is 16.5 Å². The molecule has 3 rings (SSSR count). The highest BCUT2D eigenvalue weighted by atomic mass is 32.2. The summed E-state index contributed by atoms with van der Waals surface area (Å²) in [5.41, 5.74) is 0.234. The Morgan fingerprint density at radius 3 is 2.45 bits per heavy atom. The third-order valence-corrected chi connectivity index (χ3v) is 4.03. The quantitative estimate of drug-likeness (QED) is 0.641. The Morgan fingerprint density at radius 1 is 1.00 bits per heavy atom. The summed E-state index contributed by atoms with van der Waals surface area (Å²) in [7, 11) is 1.43. The number of aromatic nitrogens is 1. The molecule has 0 aliphatic carbocycles. The van der Waals surface area contributed by atoms with E-state index in [0.29, 0.717) is 16.9 Å². The number of hydrogen-bond acceptors (Lipinski definition) is 4. The Morgan fingerprint density at radius 2 is 1.77 bits per heavy atom. The fraction of sp³-hybridized carbons (Fsp3) is 0.118. The number of thioether (sulfide) groups is 1. The molecule has 22 heavy (non-hydrogen) atoms. The number of fused-ring (bicyclic) bond motifs is 1. The summed E-state index contributed by atoms with van der Waals surface area (Å²) in [6.07, 6.45) is 3.54. The zero-order chi connectivity index (χ0) is 15.5. The highest BCUT2D eigenvalue weighted by Gasteiger charge is 2.12. The van der Waals surface area contributed by atoms with Crippen LogP contribution in [0.3, 0.4) is 0 Å². The van der Waals surface area contributed by atoms with Gasteiger partial charge in [0.1, 0.15) is 17.0 Å². The van der Waals surface area contributed by atoms with Gasteiger partial charge in [-0.05, 0) is 48.7 Å². The van der Waals surface area contributed by atoms with Crippen molar-refractivity contribution in [1.82, 2.24) is 4.98 Å². The normalized spacial score (nSPS) is 10.7. The van der Waals surface area contributed by atoms with E-state index >= 15 is 0 Å². The van der Waals surface area contributed by atoms with Crippen molar-refractivity contribution in [1.29, 1.82) is 0 Å². The molecule has 0 N–H and O–H groups in total. The van der Waals surface area contributed by atoms with E-state index in [9.17, 15) is 4.39 Å². The summed E-state index contributed by atoms with van der Waals surface area (Å²) in [4.78, 5) is 5.24. The number of benzene rings is 2. The van der Waals surface area contributed by atoms with Crippen molar-refractivity contribution in [3.8, 4) is 17.2 Å². The molecular weight excluding hydrogens is 301 g/mol. The standard InChI is InChI=1S/C17H14FNO2S/c1-20-15-8-7-13-14(9-10-19-17(13)16(15)18)21-11-3-5-12(22-2)6-4-11/h3-10H,1-2H3. The minimum atomic E-state index is -0.483. The smallest absolute Gasteiger partial charge is 0.191 e. The van der Waals surface area contributed by atoms with E-state index in [0.717, 1.165) is 4.90 Å². The van der Waals surface area contributed by atoms with E-state index < -0.39 is 5.82 Å². The predicted octanol–water partition coefficient (Wildman–Crippen LogP) is 4.90. The van der Waals surface area contributed by atoms with E-state index in [-0.39, 0.29) is 11.3 Å². The fourth-order valence-corrected chi connectivity index (χ4v) is 2.57. The van der Waals surface area contributed by atoms with Gasteiger partial charge in [-0.15, -0.1) is 11.8 Å². The molecule has 0 bridgehead atoms. The molecule has 1 aromatic heterocycles. The number of methoxy groups -OCH3 is 1. The average molecular weight is 315 g/mol. The molecule has 112 valence electrons. The van der Waals surface area contributed by atoms with Crippen LogP contribution in [0.15, 0.2) is 53.6 Å². The van der Waals surface area contributed by atoms with Crippen molar-refractivity contribution in [3.05, 3.63) is 54.5 Å². The van der Waals surface area contributed by atoms with E-state index in [2.05, 4.69) is 4.98 Å². The number of ether oxygens (including phenoxy) is 2.